The molecule has 1 aromatic carbocycles. The van der Waals surface area contributed by atoms with E-state index in [1.54, 1.807) is 6.07 Å². The maximum Gasteiger partial charge on any atom is 0.295 e. The van der Waals surface area contributed by atoms with Gasteiger partial charge in [-0.25, -0.2) is 4.98 Å². The second-order valence-corrected chi connectivity index (χ2v) is 6.77. The molecule has 0 aliphatic carbocycles. The number of aryl methyl sites for hydroxylation is 1. The molecule has 0 bridgehead atoms. The lowest BCUT2D eigenvalue weighted by Gasteiger charge is -2.33. The third-order valence-electron chi connectivity index (χ3n) is 4.88. The standard InChI is InChI=1S/C19H24N4O3/c1-3-9-20-19(24)14-7-10-22(11-8-14)17-12-13(2)21-18-15(17)5-4-6-16(18)23(25)26/h4-6,12,14H,3,7-11H2,1-2H3,(H,20,24). The van der Waals surface area contributed by atoms with Crippen molar-refractivity contribution in [3.63, 3.8) is 0 Å². The molecule has 0 spiro atoms. The van der Waals surface area contributed by atoms with Crippen molar-refractivity contribution >= 4 is 28.2 Å². The normalized spacial score (nSPS) is 15.2. The number of carbonyl (C=O) groups is 1. The smallest absolute Gasteiger partial charge is 0.295 e. The van der Waals surface area contributed by atoms with Gasteiger partial charge in [-0.1, -0.05) is 19.1 Å². The zero-order valence-corrected chi connectivity index (χ0v) is 15.2. The van der Waals surface area contributed by atoms with Gasteiger partial charge in [0.1, 0.15) is 0 Å². The SMILES string of the molecule is CCCNC(=O)C1CCN(c2cc(C)nc3c([N+](=O)[O-])cccc23)CC1. The van der Waals surface area contributed by atoms with Crippen LogP contribution in [0.5, 0.6) is 0 Å². The van der Waals surface area contributed by atoms with Crippen LogP contribution in [0.2, 0.25) is 0 Å². The van der Waals surface area contributed by atoms with E-state index >= 15 is 0 Å². The minimum absolute atomic E-state index is 0.0290. The number of para-hydroxylation sites is 1. The summed E-state index contributed by atoms with van der Waals surface area (Å²) in [5.74, 6) is 0.180. The van der Waals surface area contributed by atoms with E-state index in [0.717, 1.165) is 55.7 Å². The number of hydrogen-bond acceptors (Lipinski definition) is 5. The molecule has 0 radical (unpaired) electrons. The summed E-state index contributed by atoms with van der Waals surface area (Å²) in [6.07, 6.45) is 2.51. The van der Waals surface area contributed by atoms with Gasteiger partial charge in [-0.2, -0.15) is 0 Å². The molecule has 26 heavy (non-hydrogen) atoms. The van der Waals surface area contributed by atoms with Gasteiger partial charge >= 0.3 is 0 Å². The zero-order valence-electron chi connectivity index (χ0n) is 15.2. The Hall–Kier alpha value is -2.70. The van der Waals surface area contributed by atoms with Gasteiger partial charge in [0.25, 0.3) is 5.69 Å². The number of anilines is 1. The molecule has 0 atom stereocenters. The van der Waals surface area contributed by atoms with Gasteiger partial charge in [-0.3, -0.25) is 14.9 Å². The predicted octanol–water partition coefficient (Wildman–Crippen LogP) is 3.19. The average Bonchev–Trinajstić information content (AvgIpc) is 2.65. The number of nitrogens with one attached hydrogen (secondary N) is 1. The summed E-state index contributed by atoms with van der Waals surface area (Å²) < 4.78 is 0. The van der Waals surface area contributed by atoms with Crippen LogP contribution in [0.3, 0.4) is 0 Å². The molecule has 0 saturated carbocycles. The molecule has 1 N–H and O–H groups in total. The molecule has 3 rings (SSSR count). The van der Waals surface area contributed by atoms with E-state index in [1.807, 2.05) is 26.0 Å². The van der Waals surface area contributed by atoms with Crippen LogP contribution >= 0.6 is 0 Å². The van der Waals surface area contributed by atoms with Gasteiger partial charge < -0.3 is 10.2 Å². The summed E-state index contributed by atoms with van der Waals surface area (Å²) in [5.41, 5.74) is 2.17. The van der Waals surface area contributed by atoms with Gasteiger partial charge in [-0.15, -0.1) is 0 Å². The molecule has 2 aromatic rings. The first-order chi connectivity index (χ1) is 12.5. The topological polar surface area (TPSA) is 88.4 Å². The molecule has 1 amide bonds. The number of fused-ring (bicyclic) bond motifs is 1. The van der Waals surface area contributed by atoms with Gasteiger partial charge in [0.05, 0.1) is 4.92 Å². The van der Waals surface area contributed by atoms with Crippen molar-refractivity contribution in [3.8, 4) is 0 Å². The van der Waals surface area contributed by atoms with E-state index in [-0.39, 0.29) is 22.4 Å². The van der Waals surface area contributed by atoms with Crippen LogP contribution in [0.25, 0.3) is 10.9 Å². The van der Waals surface area contributed by atoms with Crippen molar-refractivity contribution in [2.24, 2.45) is 5.92 Å². The number of benzene rings is 1. The Labute approximate surface area is 152 Å². The largest absolute Gasteiger partial charge is 0.371 e. The third-order valence-corrected chi connectivity index (χ3v) is 4.88. The summed E-state index contributed by atoms with van der Waals surface area (Å²) in [7, 11) is 0. The highest BCUT2D eigenvalue weighted by atomic mass is 16.6. The number of nitrogens with zero attached hydrogens (tertiary/aromatic N) is 3. The maximum atomic E-state index is 12.2. The Kier molecular flexibility index (Phi) is 5.35. The van der Waals surface area contributed by atoms with Crippen LogP contribution in [-0.2, 0) is 4.79 Å². The Balaban J connectivity index is 1.85. The van der Waals surface area contributed by atoms with Crippen molar-refractivity contribution in [3.05, 3.63) is 40.1 Å². The van der Waals surface area contributed by atoms with Crippen LogP contribution in [0.1, 0.15) is 31.9 Å². The monoisotopic (exact) mass is 356 g/mol. The van der Waals surface area contributed by atoms with Crippen molar-refractivity contribution < 1.29 is 9.72 Å². The van der Waals surface area contributed by atoms with Gasteiger partial charge in [0.15, 0.2) is 5.52 Å². The molecule has 1 saturated heterocycles. The fourth-order valence-corrected chi connectivity index (χ4v) is 3.52. The van der Waals surface area contributed by atoms with Crippen LogP contribution in [-0.4, -0.2) is 35.4 Å². The summed E-state index contributed by atoms with van der Waals surface area (Å²) >= 11 is 0. The first-order valence-corrected chi connectivity index (χ1v) is 9.08. The van der Waals surface area contributed by atoms with Gasteiger partial charge in [-0.05, 0) is 32.3 Å². The highest BCUT2D eigenvalue weighted by Gasteiger charge is 2.26. The molecule has 1 fully saturated rings. The Bertz CT molecular complexity index is 829. The Morgan fingerprint density at radius 1 is 1.38 bits per heavy atom. The van der Waals surface area contributed by atoms with Crippen LogP contribution in [0.4, 0.5) is 11.4 Å². The van der Waals surface area contributed by atoms with Crippen LogP contribution < -0.4 is 10.2 Å². The number of non-ortho nitro benzene ring substituents is 1. The Morgan fingerprint density at radius 2 is 2.12 bits per heavy atom. The minimum Gasteiger partial charge on any atom is -0.371 e. The molecule has 1 aliphatic heterocycles. The van der Waals surface area contributed by atoms with E-state index < -0.39 is 0 Å². The number of amides is 1. The molecule has 138 valence electrons. The van der Waals surface area contributed by atoms with Gasteiger partial charge in [0, 0.05) is 48.4 Å². The molecule has 1 aromatic heterocycles. The van der Waals surface area contributed by atoms with E-state index in [2.05, 4.69) is 15.2 Å². The maximum absolute atomic E-state index is 12.2. The zero-order chi connectivity index (χ0) is 18.7. The second kappa shape index (κ2) is 7.68. The van der Waals surface area contributed by atoms with E-state index in [0.29, 0.717) is 5.52 Å². The summed E-state index contributed by atoms with van der Waals surface area (Å²) in [5, 5.41) is 15.1. The van der Waals surface area contributed by atoms with Crippen molar-refractivity contribution in [1.82, 2.24) is 10.3 Å². The van der Waals surface area contributed by atoms with Crippen molar-refractivity contribution in [2.45, 2.75) is 33.1 Å². The first kappa shape index (κ1) is 18.1. The van der Waals surface area contributed by atoms with E-state index in [4.69, 9.17) is 0 Å². The number of hydrogen-bond donors (Lipinski definition) is 1. The van der Waals surface area contributed by atoms with Crippen molar-refractivity contribution in [1.29, 1.82) is 0 Å². The molecular weight excluding hydrogens is 332 g/mol. The Morgan fingerprint density at radius 3 is 2.77 bits per heavy atom. The lowest BCUT2D eigenvalue weighted by Crippen LogP contribution is -2.40. The van der Waals surface area contributed by atoms with Crippen molar-refractivity contribution in [2.75, 3.05) is 24.5 Å². The molecule has 2 heterocycles. The van der Waals surface area contributed by atoms with Crippen LogP contribution in [0.15, 0.2) is 24.3 Å². The summed E-state index contributed by atoms with van der Waals surface area (Å²) in [4.78, 5) is 29.7. The molecular formula is C19H24N4O3. The minimum atomic E-state index is -0.386. The number of piperidine rings is 1. The molecule has 7 heteroatoms. The summed E-state index contributed by atoms with van der Waals surface area (Å²) in [6, 6.07) is 7.04. The van der Waals surface area contributed by atoms with E-state index in [1.165, 1.54) is 6.07 Å². The number of pyridine rings is 1. The average molecular weight is 356 g/mol. The number of nitro groups is 1. The highest BCUT2D eigenvalue weighted by molar-refractivity contribution is 5.97. The lowest BCUT2D eigenvalue weighted by atomic mass is 9.95. The number of aromatic nitrogens is 1. The molecule has 1 aliphatic rings. The first-order valence-electron chi connectivity index (χ1n) is 9.08. The third kappa shape index (κ3) is 3.61. The molecule has 0 unspecified atom stereocenters. The summed E-state index contributed by atoms with van der Waals surface area (Å²) in [6.45, 7) is 6.12. The quantitative estimate of drug-likeness (QED) is 0.656. The number of rotatable bonds is 5. The number of nitro benzene ring substituents is 1. The van der Waals surface area contributed by atoms with E-state index in [9.17, 15) is 14.9 Å². The predicted molar refractivity (Wildman–Crippen MR) is 101 cm³/mol. The van der Waals surface area contributed by atoms with Gasteiger partial charge in [0.2, 0.25) is 5.91 Å². The van der Waals surface area contributed by atoms with Crippen LogP contribution in [0, 0.1) is 23.0 Å². The highest BCUT2D eigenvalue weighted by Crippen LogP contribution is 2.34. The fraction of sp³-hybridized carbons (Fsp3) is 0.474. The lowest BCUT2D eigenvalue weighted by molar-refractivity contribution is -0.383. The second-order valence-electron chi connectivity index (χ2n) is 6.77. The number of carbonyl (C=O) groups excluding carboxylic acids is 1. The molecule has 7 nitrogen and oxygen atoms in total. The fourth-order valence-electron chi connectivity index (χ4n) is 3.52.